The third-order valence-electron chi connectivity index (χ3n) is 4.86. The first-order chi connectivity index (χ1) is 13.2. The maximum Gasteiger partial charge on any atom is 0.330 e. The number of allylic oxidation sites excluding steroid dienone is 1. The van der Waals surface area contributed by atoms with Gasteiger partial charge in [0, 0.05) is 15.6 Å². The fraction of sp³-hybridized carbons (Fsp3) is 0.864. The van der Waals surface area contributed by atoms with Crippen molar-refractivity contribution in [3.63, 3.8) is 0 Å². The summed E-state index contributed by atoms with van der Waals surface area (Å²) in [5, 5.41) is 0. The van der Waals surface area contributed by atoms with Gasteiger partial charge in [-0.15, -0.1) is 0 Å². The van der Waals surface area contributed by atoms with Gasteiger partial charge in [0.2, 0.25) is 0 Å². The van der Waals surface area contributed by atoms with E-state index in [1.165, 1.54) is 102 Å². The van der Waals surface area contributed by atoms with E-state index in [0.29, 0.717) is 9.97 Å². The Hall–Kier alpha value is 0.387. The van der Waals surface area contributed by atoms with Gasteiger partial charge in [-0.3, -0.25) is 0 Å². The van der Waals surface area contributed by atoms with E-state index in [0.717, 1.165) is 6.42 Å². The molecule has 0 aromatic rings. The minimum Gasteiger partial charge on any atom is -0.463 e. The van der Waals surface area contributed by atoms with Gasteiger partial charge in [-0.25, -0.2) is 4.79 Å². The van der Waals surface area contributed by atoms with E-state index in [1.54, 1.807) is 6.08 Å². The summed E-state index contributed by atoms with van der Waals surface area (Å²) in [6.07, 6.45) is 23.6. The lowest BCUT2D eigenvalue weighted by molar-refractivity contribution is -0.137. The molecule has 0 amide bonds. The van der Waals surface area contributed by atoms with Crippen LogP contribution >= 0.6 is 31.9 Å². The maximum atomic E-state index is 11.1. The lowest BCUT2D eigenvalue weighted by Gasteiger charge is -2.04. The van der Waals surface area contributed by atoms with Gasteiger partial charge in [-0.1, -0.05) is 134 Å². The summed E-state index contributed by atoms with van der Waals surface area (Å²) in [6.45, 7) is 2.40. The van der Waals surface area contributed by atoms with E-state index < -0.39 is 0 Å². The molecule has 27 heavy (non-hydrogen) atoms. The van der Waals surface area contributed by atoms with Crippen LogP contribution in [0.1, 0.15) is 103 Å². The molecule has 0 spiro atoms. The number of hydrogen-bond acceptors (Lipinski definition) is 2. The van der Waals surface area contributed by atoms with E-state index in [9.17, 15) is 4.79 Å². The molecule has 0 fully saturated rings. The van der Waals surface area contributed by atoms with Crippen LogP contribution in [0.2, 0.25) is 6.04 Å². The zero-order chi connectivity index (χ0) is 20.0. The summed E-state index contributed by atoms with van der Waals surface area (Å²) >= 11 is 7.19. The van der Waals surface area contributed by atoms with Gasteiger partial charge in [0.05, 0.1) is 9.97 Å². The van der Waals surface area contributed by atoms with E-state index >= 15 is 0 Å². The van der Waals surface area contributed by atoms with Crippen molar-refractivity contribution in [3.05, 3.63) is 12.2 Å². The van der Waals surface area contributed by atoms with Crippen LogP contribution in [-0.2, 0) is 9.53 Å². The normalized spacial score (nSPS) is 12.0. The number of carbonyl (C=O) groups is 1. The number of ether oxygens (including phenoxy) is 1. The Morgan fingerprint density at radius 1 is 0.778 bits per heavy atom. The Bertz CT molecular complexity index is 349. The molecule has 0 bridgehead atoms. The van der Waals surface area contributed by atoms with Gasteiger partial charge >= 0.3 is 5.97 Å². The maximum absolute atomic E-state index is 11.1. The molecule has 0 atom stereocenters. The average Bonchev–Trinajstić information content (AvgIpc) is 2.63. The Balaban J connectivity index is 3.06. The Morgan fingerprint density at radius 2 is 1.19 bits per heavy atom. The molecule has 2 nitrogen and oxygen atoms in total. The highest BCUT2D eigenvalue weighted by Crippen LogP contribution is 2.15. The third kappa shape index (κ3) is 24.3. The summed E-state index contributed by atoms with van der Waals surface area (Å²) in [5.74, 6) is -0.211. The monoisotopic (exact) mass is 524 g/mol. The second kappa shape index (κ2) is 22.7. The largest absolute Gasteiger partial charge is 0.463 e. The van der Waals surface area contributed by atoms with Crippen LogP contribution in [0.25, 0.3) is 0 Å². The number of unbranched alkanes of at least 4 members (excludes halogenated alkanes) is 14. The average molecular weight is 526 g/mol. The molecule has 160 valence electrons. The van der Waals surface area contributed by atoms with Crippen molar-refractivity contribution < 1.29 is 9.53 Å². The van der Waals surface area contributed by atoms with Crippen LogP contribution < -0.4 is 0 Å². The minimum absolute atomic E-state index is 0.0885. The third-order valence-corrected chi connectivity index (χ3v) is 8.96. The number of alkyl halides is 2. The topological polar surface area (TPSA) is 26.3 Å². The molecule has 0 radical (unpaired) electrons. The highest BCUT2D eigenvalue weighted by Gasteiger charge is 1.99. The van der Waals surface area contributed by atoms with Crippen molar-refractivity contribution in [1.29, 1.82) is 0 Å². The van der Waals surface area contributed by atoms with Crippen molar-refractivity contribution in [2.24, 2.45) is 0 Å². The van der Waals surface area contributed by atoms with Gasteiger partial charge in [-0.05, 0) is 13.3 Å². The second-order valence-electron chi connectivity index (χ2n) is 7.50. The van der Waals surface area contributed by atoms with Crippen LogP contribution in [0.15, 0.2) is 12.2 Å². The van der Waals surface area contributed by atoms with E-state index in [2.05, 4.69) is 31.9 Å². The number of esters is 1. The molecule has 5 heteroatoms. The van der Waals surface area contributed by atoms with Gasteiger partial charge in [0.25, 0.3) is 0 Å². The fourth-order valence-electron chi connectivity index (χ4n) is 3.23. The summed E-state index contributed by atoms with van der Waals surface area (Å²) < 4.78 is 5.73. The molecule has 0 aromatic heterocycles. The summed E-state index contributed by atoms with van der Waals surface area (Å²) in [5.41, 5.74) is 0. The van der Waals surface area contributed by atoms with Gasteiger partial charge in [-0.2, -0.15) is 0 Å². The predicted molar refractivity (Wildman–Crippen MR) is 130 cm³/mol. The molecule has 0 heterocycles. The Kier molecular flexibility index (Phi) is 23.0. The summed E-state index contributed by atoms with van der Waals surface area (Å²) in [4.78, 5) is 11.1. The van der Waals surface area contributed by atoms with E-state index in [4.69, 9.17) is 4.74 Å². The molecule has 0 aromatic carbocycles. The lowest BCUT2D eigenvalue weighted by Crippen LogP contribution is -2.01. The first-order valence-electron chi connectivity index (χ1n) is 11.2. The second-order valence-corrected chi connectivity index (χ2v) is 15.4. The summed E-state index contributed by atoms with van der Waals surface area (Å²) in [6, 6.07) is 1.48. The van der Waals surface area contributed by atoms with Gasteiger partial charge in [0.15, 0.2) is 0 Å². The Morgan fingerprint density at radius 3 is 1.59 bits per heavy atom. The van der Waals surface area contributed by atoms with E-state index in [1.807, 2.05) is 6.92 Å². The van der Waals surface area contributed by atoms with Crippen molar-refractivity contribution in [2.75, 3.05) is 6.61 Å². The fourth-order valence-corrected chi connectivity index (χ4v) is 6.13. The lowest BCUT2D eigenvalue weighted by atomic mass is 10.0. The molecule has 0 unspecified atom stereocenters. The number of carbonyl (C=O) groups excluding carboxylic acids is 1. The van der Waals surface area contributed by atoms with Gasteiger partial charge < -0.3 is 4.74 Å². The first kappa shape index (κ1) is 27.4. The van der Waals surface area contributed by atoms with Crippen LogP contribution in [-0.4, -0.2) is 25.5 Å². The minimum atomic E-state index is -0.211. The number of hydrogen-bond donors (Lipinski definition) is 0. The van der Waals surface area contributed by atoms with Crippen LogP contribution in [0.5, 0.6) is 0 Å². The van der Waals surface area contributed by atoms with Crippen LogP contribution in [0.3, 0.4) is 0 Å². The highest BCUT2D eigenvalue weighted by molar-refractivity contribution is 9.25. The highest BCUT2D eigenvalue weighted by atomic mass is 79.9. The molecule has 0 aliphatic heterocycles. The molecular formula is C22H42Br2O2Si. The predicted octanol–water partition coefficient (Wildman–Crippen LogP) is 7.62. The zero-order valence-corrected chi connectivity index (χ0v) is 22.1. The van der Waals surface area contributed by atoms with E-state index in [-0.39, 0.29) is 15.5 Å². The van der Waals surface area contributed by atoms with Crippen LogP contribution in [0.4, 0.5) is 0 Å². The van der Waals surface area contributed by atoms with Crippen molar-refractivity contribution in [3.8, 4) is 0 Å². The van der Waals surface area contributed by atoms with Gasteiger partial charge in [0.1, 0.15) is 0 Å². The van der Waals surface area contributed by atoms with Crippen LogP contribution in [0, 0.1) is 0 Å². The molecular weight excluding hydrogens is 484 g/mol. The molecule has 0 aliphatic rings. The Labute approximate surface area is 187 Å². The van der Waals surface area contributed by atoms with Crippen molar-refractivity contribution >= 4 is 47.3 Å². The summed E-state index contributed by atoms with van der Waals surface area (Å²) in [7, 11) is 0.0885. The molecule has 0 rings (SSSR count). The molecule has 0 saturated carbocycles. The molecule has 0 saturated heterocycles. The number of halogens is 2. The molecule has 0 N–H and O–H groups in total. The first-order valence-corrected chi connectivity index (χ1v) is 14.9. The van der Waals surface area contributed by atoms with Crippen molar-refractivity contribution in [2.45, 2.75) is 113 Å². The SMILES string of the molecule is CC=CC(=O)OCCCCCCCCCCCCCCCCC[SiH2]C(Br)Br. The van der Waals surface area contributed by atoms with Crippen molar-refractivity contribution in [1.82, 2.24) is 0 Å². The quantitative estimate of drug-likeness (QED) is 0.0537. The number of rotatable bonds is 20. The molecule has 0 aliphatic carbocycles. The smallest absolute Gasteiger partial charge is 0.330 e. The standard InChI is InChI=1S/C22H42Br2O2Si/c1-2-18-21(25)26-19-16-14-12-10-8-6-4-3-5-7-9-11-13-15-17-20-27-22(23)24/h2,18,22H,3-17,19-20,27H2,1H3. The zero-order valence-electron chi connectivity index (χ0n) is 17.5.